The van der Waals surface area contributed by atoms with Crippen molar-refractivity contribution in [3.63, 3.8) is 0 Å². The van der Waals surface area contributed by atoms with Crippen molar-refractivity contribution in [2.45, 2.75) is 20.0 Å². The molecule has 2 heterocycles. The molecule has 2 aromatic heterocycles. The van der Waals surface area contributed by atoms with Gasteiger partial charge in [-0.05, 0) is 13.0 Å². The van der Waals surface area contributed by atoms with Crippen LogP contribution in [0.4, 0.5) is 0 Å². The van der Waals surface area contributed by atoms with Crippen molar-refractivity contribution >= 4 is 5.97 Å². The van der Waals surface area contributed by atoms with Crippen molar-refractivity contribution < 1.29 is 9.90 Å². The van der Waals surface area contributed by atoms with Crippen LogP contribution in [0.25, 0.3) is 22.5 Å². The van der Waals surface area contributed by atoms with Gasteiger partial charge in [0, 0.05) is 23.9 Å². The number of rotatable bonds is 6. The summed E-state index contributed by atoms with van der Waals surface area (Å²) in [7, 11) is 0. The number of carboxylic acids is 1. The molecule has 0 saturated carbocycles. The summed E-state index contributed by atoms with van der Waals surface area (Å²) in [6.45, 7) is 3.09. The van der Waals surface area contributed by atoms with Crippen LogP contribution in [0.1, 0.15) is 16.1 Å². The lowest BCUT2D eigenvalue weighted by atomic mass is 10.00. The van der Waals surface area contributed by atoms with Crippen LogP contribution in [-0.2, 0) is 13.1 Å². The molecule has 0 fully saturated rings. The maximum atomic E-state index is 11.8. The van der Waals surface area contributed by atoms with E-state index in [4.69, 9.17) is 0 Å². The quantitative estimate of drug-likeness (QED) is 0.559. The first-order valence-electron chi connectivity index (χ1n) is 8.93. The van der Waals surface area contributed by atoms with Crippen molar-refractivity contribution in [2.75, 3.05) is 0 Å². The number of hydrogen-bond donors (Lipinski definition) is 1. The maximum absolute atomic E-state index is 11.8. The minimum absolute atomic E-state index is 0.248. The average Bonchev–Trinajstić information content (AvgIpc) is 3.33. The maximum Gasteiger partial charge on any atom is 0.336 e. The molecule has 0 bridgehead atoms. The van der Waals surface area contributed by atoms with Gasteiger partial charge in [0.05, 0.1) is 35.5 Å². The van der Waals surface area contributed by atoms with Gasteiger partial charge >= 0.3 is 5.97 Å². The molecule has 0 spiro atoms. The van der Waals surface area contributed by atoms with E-state index in [-0.39, 0.29) is 5.56 Å². The van der Waals surface area contributed by atoms with Gasteiger partial charge in [-0.3, -0.25) is 4.68 Å². The van der Waals surface area contributed by atoms with Gasteiger partial charge in [0.2, 0.25) is 0 Å². The Morgan fingerprint density at radius 3 is 2.50 bits per heavy atom. The van der Waals surface area contributed by atoms with E-state index in [2.05, 4.69) is 15.3 Å². The zero-order chi connectivity index (χ0) is 19.5. The van der Waals surface area contributed by atoms with Crippen molar-refractivity contribution in [3.8, 4) is 22.5 Å². The Labute approximate surface area is 161 Å². The Morgan fingerprint density at radius 2 is 1.79 bits per heavy atom. The van der Waals surface area contributed by atoms with Crippen molar-refractivity contribution in [2.24, 2.45) is 0 Å². The monoisotopic (exact) mass is 373 g/mol. The van der Waals surface area contributed by atoms with E-state index in [0.29, 0.717) is 18.7 Å². The van der Waals surface area contributed by atoms with Crippen molar-refractivity contribution in [1.29, 1.82) is 0 Å². The summed E-state index contributed by atoms with van der Waals surface area (Å²) in [4.78, 5) is 16.4. The Balaban J connectivity index is 1.81. The molecule has 1 N–H and O–H groups in total. The molecule has 2 aromatic carbocycles. The van der Waals surface area contributed by atoms with Crippen LogP contribution in [0.3, 0.4) is 0 Å². The Morgan fingerprint density at radius 1 is 1.04 bits per heavy atom. The third-order valence-electron chi connectivity index (χ3n) is 4.52. The summed E-state index contributed by atoms with van der Waals surface area (Å²) in [6, 6.07) is 16.8. The minimum Gasteiger partial charge on any atom is -0.478 e. The van der Waals surface area contributed by atoms with Gasteiger partial charge in [-0.25, -0.2) is 9.78 Å². The summed E-state index contributed by atoms with van der Waals surface area (Å²) >= 11 is 0. The van der Waals surface area contributed by atoms with E-state index < -0.39 is 5.97 Å². The zero-order valence-electron chi connectivity index (χ0n) is 15.4. The molecule has 0 atom stereocenters. The number of carbonyl (C=O) groups is 1. The normalized spacial score (nSPS) is 10.9. The number of benzene rings is 2. The van der Waals surface area contributed by atoms with Gasteiger partial charge in [-0.2, -0.15) is 0 Å². The highest BCUT2D eigenvalue weighted by Crippen LogP contribution is 2.33. The molecule has 4 aromatic rings. The van der Waals surface area contributed by atoms with Crippen molar-refractivity contribution in [1.82, 2.24) is 24.5 Å². The second-order valence-electron chi connectivity index (χ2n) is 6.47. The van der Waals surface area contributed by atoms with E-state index in [1.807, 2.05) is 60.2 Å². The van der Waals surface area contributed by atoms with Crippen LogP contribution in [-0.4, -0.2) is 35.6 Å². The predicted octanol–water partition coefficient (Wildman–Crippen LogP) is 3.52. The Hall–Kier alpha value is -3.74. The lowest BCUT2D eigenvalue weighted by Crippen LogP contribution is -2.10. The van der Waals surface area contributed by atoms with Gasteiger partial charge in [0.15, 0.2) is 0 Å². The first-order valence-corrected chi connectivity index (χ1v) is 8.93. The molecule has 0 unspecified atom stereocenters. The first kappa shape index (κ1) is 17.7. The molecule has 28 heavy (non-hydrogen) atoms. The lowest BCUT2D eigenvalue weighted by molar-refractivity contribution is 0.0697. The number of aromatic carboxylic acids is 1. The number of imidazole rings is 1. The molecule has 0 aliphatic heterocycles. The highest BCUT2D eigenvalue weighted by molar-refractivity contribution is 5.97. The van der Waals surface area contributed by atoms with E-state index in [1.54, 1.807) is 23.1 Å². The standard InChI is InChI=1S/C21H19N5O2/c1-15-13-26(24-23-15)12-11-25-14-22-19(16-7-3-2-4-8-16)20(25)17-9-5-6-10-18(17)21(27)28/h2-10,13-14H,11-12H2,1H3,(H,27,28). The number of aryl methyl sites for hydroxylation is 3. The van der Waals surface area contributed by atoms with Gasteiger partial charge in [0.1, 0.15) is 0 Å². The number of aromatic nitrogens is 5. The van der Waals surface area contributed by atoms with Crippen LogP contribution in [0.15, 0.2) is 67.1 Å². The largest absolute Gasteiger partial charge is 0.478 e. The average molecular weight is 373 g/mol. The van der Waals surface area contributed by atoms with E-state index in [0.717, 1.165) is 22.6 Å². The number of hydrogen-bond acceptors (Lipinski definition) is 4. The second kappa shape index (κ2) is 7.48. The van der Waals surface area contributed by atoms with Gasteiger partial charge in [-0.1, -0.05) is 53.7 Å². The van der Waals surface area contributed by atoms with Crippen LogP contribution in [0, 0.1) is 6.92 Å². The zero-order valence-corrected chi connectivity index (χ0v) is 15.4. The Bertz CT molecular complexity index is 1110. The molecule has 0 saturated heterocycles. The van der Waals surface area contributed by atoms with Gasteiger partial charge in [0.25, 0.3) is 0 Å². The number of carboxylic acid groups (broad SMARTS) is 1. The smallest absolute Gasteiger partial charge is 0.336 e. The molecule has 0 amide bonds. The fraction of sp³-hybridized carbons (Fsp3) is 0.143. The number of nitrogens with zero attached hydrogens (tertiary/aromatic N) is 5. The molecule has 0 radical (unpaired) electrons. The molecule has 4 rings (SSSR count). The fourth-order valence-corrected chi connectivity index (χ4v) is 3.23. The first-order chi connectivity index (χ1) is 13.6. The highest BCUT2D eigenvalue weighted by Gasteiger charge is 2.20. The molecular weight excluding hydrogens is 354 g/mol. The minimum atomic E-state index is -0.964. The summed E-state index contributed by atoms with van der Waals surface area (Å²) in [5, 5.41) is 17.8. The summed E-state index contributed by atoms with van der Waals surface area (Å²) in [5.74, 6) is -0.964. The summed E-state index contributed by atoms with van der Waals surface area (Å²) < 4.78 is 3.74. The molecule has 0 aliphatic carbocycles. The van der Waals surface area contributed by atoms with Gasteiger partial charge in [-0.15, -0.1) is 5.10 Å². The predicted molar refractivity (Wildman–Crippen MR) is 105 cm³/mol. The van der Waals surface area contributed by atoms with Crippen LogP contribution < -0.4 is 0 Å². The van der Waals surface area contributed by atoms with E-state index >= 15 is 0 Å². The lowest BCUT2D eigenvalue weighted by Gasteiger charge is -2.13. The summed E-state index contributed by atoms with van der Waals surface area (Å²) in [5.41, 5.74) is 4.21. The molecule has 7 nitrogen and oxygen atoms in total. The SMILES string of the molecule is Cc1cn(CCn2cnc(-c3ccccc3)c2-c2ccccc2C(=O)O)nn1. The molecular formula is C21H19N5O2. The van der Waals surface area contributed by atoms with Gasteiger partial charge < -0.3 is 9.67 Å². The van der Waals surface area contributed by atoms with Crippen LogP contribution >= 0.6 is 0 Å². The Kier molecular flexibility index (Phi) is 4.72. The highest BCUT2D eigenvalue weighted by atomic mass is 16.4. The fourth-order valence-electron chi connectivity index (χ4n) is 3.23. The van der Waals surface area contributed by atoms with Crippen LogP contribution in [0.2, 0.25) is 0 Å². The second-order valence-corrected chi connectivity index (χ2v) is 6.47. The summed E-state index contributed by atoms with van der Waals surface area (Å²) in [6.07, 6.45) is 3.62. The molecule has 140 valence electrons. The third-order valence-corrected chi connectivity index (χ3v) is 4.52. The molecule has 7 heteroatoms. The third kappa shape index (κ3) is 3.42. The van der Waals surface area contributed by atoms with E-state index in [1.165, 1.54) is 0 Å². The molecule has 0 aliphatic rings. The van der Waals surface area contributed by atoms with Crippen LogP contribution in [0.5, 0.6) is 0 Å². The van der Waals surface area contributed by atoms with E-state index in [9.17, 15) is 9.90 Å². The topological polar surface area (TPSA) is 85.8 Å². The van der Waals surface area contributed by atoms with Crippen molar-refractivity contribution in [3.05, 3.63) is 78.4 Å².